The number of halogens is 1. The molecule has 1 saturated carbocycles. The molecule has 5 nitrogen and oxygen atoms in total. The Morgan fingerprint density at radius 1 is 1.48 bits per heavy atom. The maximum atomic E-state index is 11.1. The average molecular weight is 313 g/mol. The second-order valence-electron chi connectivity index (χ2n) is 5.49. The van der Waals surface area contributed by atoms with Crippen molar-refractivity contribution < 1.29 is 9.66 Å². The molecule has 21 heavy (non-hydrogen) atoms. The van der Waals surface area contributed by atoms with Gasteiger partial charge in [0, 0.05) is 35.0 Å². The Bertz CT molecular complexity index is 532. The van der Waals surface area contributed by atoms with E-state index in [9.17, 15) is 10.1 Å². The van der Waals surface area contributed by atoms with Crippen LogP contribution in [0.15, 0.2) is 18.2 Å². The molecule has 1 aliphatic carbocycles. The lowest BCUT2D eigenvalue weighted by Gasteiger charge is -2.55. The van der Waals surface area contributed by atoms with Crippen LogP contribution in [0.2, 0.25) is 5.02 Å². The third kappa shape index (κ3) is 2.72. The van der Waals surface area contributed by atoms with Gasteiger partial charge in [-0.25, -0.2) is 0 Å². The Balaban J connectivity index is 2.26. The van der Waals surface area contributed by atoms with E-state index >= 15 is 0 Å². The van der Waals surface area contributed by atoms with Gasteiger partial charge in [0.25, 0.3) is 0 Å². The number of nitrogens with zero attached hydrogens (tertiary/aromatic N) is 1. The molecule has 116 valence electrons. The normalized spacial score (nSPS) is 23.4. The van der Waals surface area contributed by atoms with E-state index in [4.69, 9.17) is 16.3 Å². The van der Waals surface area contributed by atoms with E-state index in [1.807, 2.05) is 7.05 Å². The van der Waals surface area contributed by atoms with Crippen molar-refractivity contribution >= 4 is 17.3 Å². The van der Waals surface area contributed by atoms with Gasteiger partial charge < -0.3 is 10.1 Å². The van der Waals surface area contributed by atoms with Crippen LogP contribution in [0.3, 0.4) is 0 Å². The van der Waals surface area contributed by atoms with E-state index < -0.39 is 4.92 Å². The first-order valence-corrected chi connectivity index (χ1v) is 7.64. The lowest BCUT2D eigenvalue weighted by atomic mass is 9.58. The molecule has 0 radical (unpaired) electrons. The molecule has 1 aliphatic rings. The minimum absolute atomic E-state index is 0.0188. The molecule has 6 heteroatoms. The molecule has 0 spiro atoms. The fraction of sp³-hybridized carbons (Fsp3) is 0.600. The number of nitro groups is 1. The maximum absolute atomic E-state index is 11.1. The van der Waals surface area contributed by atoms with Gasteiger partial charge in [0.2, 0.25) is 0 Å². The van der Waals surface area contributed by atoms with E-state index in [1.165, 1.54) is 18.2 Å². The molecule has 0 amide bonds. The summed E-state index contributed by atoms with van der Waals surface area (Å²) in [6.45, 7) is 4.27. The Hall–Kier alpha value is -1.33. The summed E-state index contributed by atoms with van der Waals surface area (Å²) in [5.41, 5.74) is -0.0151. The number of benzene rings is 1. The highest BCUT2D eigenvalue weighted by Gasteiger charge is 2.54. The SMILES string of the molecule is CCC1(CC)C(NC)CC1Oc1cc(Cl)ccc1[N+](=O)[O-]. The fourth-order valence-electron chi connectivity index (χ4n) is 3.40. The number of hydrogen-bond donors (Lipinski definition) is 1. The summed E-state index contributed by atoms with van der Waals surface area (Å²) in [6, 6.07) is 4.82. The minimum Gasteiger partial charge on any atom is -0.483 e. The largest absolute Gasteiger partial charge is 0.483 e. The quantitative estimate of drug-likeness (QED) is 0.641. The summed E-state index contributed by atoms with van der Waals surface area (Å²) in [5, 5.41) is 14.9. The molecule has 2 unspecified atom stereocenters. The zero-order chi connectivity index (χ0) is 15.6. The van der Waals surface area contributed by atoms with E-state index in [0.29, 0.717) is 11.1 Å². The summed E-state index contributed by atoms with van der Waals surface area (Å²) in [5.74, 6) is 0.262. The highest BCUT2D eigenvalue weighted by molar-refractivity contribution is 6.30. The van der Waals surface area contributed by atoms with Crippen LogP contribution in [0.4, 0.5) is 5.69 Å². The predicted octanol–water partition coefficient (Wildman–Crippen LogP) is 3.79. The highest BCUT2D eigenvalue weighted by atomic mass is 35.5. The van der Waals surface area contributed by atoms with Crippen molar-refractivity contribution in [2.75, 3.05) is 7.05 Å². The first kappa shape index (κ1) is 16.0. The molecule has 1 aromatic rings. The molecule has 2 rings (SSSR count). The average Bonchev–Trinajstić information content (AvgIpc) is 2.44. The number of hydrogen-bond acceptors (Lipinski definition) is 4. The van der Waals surface area contributed by atoms with Crippen molar-refractivity contribution in [1.29, 1.82) is 0 Å². The van der Waals surface area contributed by atoms with Crippen molar-refractivity contribution in [3.8, 4) is 5.75 Å². The maximum Gasteiger partial charge on any atom is 0.311 e. The first-order chi connectivity index (χ1) is 9.98. The zero-order valence-corrected chi connectivity index (χ0v) is 13.3. The second kappa shape index (κ2) is 6.20. The lowest BCUT2D eigenvalue weighted by Crippen LogP contribution is -2.63. The molecule has 1 fully saturated rings. The van der Waals surface area contributed by atoms with Crippen LogP contribution in [0.1, 0.15) is 33.1 Å². The van der Waals surface area contributed by atoms with Gasteiger partial charge in [0.1, 0.15) is 6.10 Å². The van der Waals surface area contributed by atoms with Gasteiger partial charge in [-0.15, -0.1) is 0 Å². The van der Waals surface area contributed by atoms with Crippen LogP contribution < -0.4 is 10.1 Å². The number of rotatable bonds is 6. The number of ether oxygens (including phenoxy) is 1. The molecular weight excluding hydrogens is 292 g/mol. The predicted molar refractivity (Wildman–Crippen MR) is 83.0 cm³/mol. The molecule has 1 aromatic carbocycles. The van der Waals surface area contributed by atoms with Crippen LogP contribution >= 0.6 is 11.6 Å². The number of nitrogens with one attached hydrogen (secondary N) is 1. The van der Waals surface area contributed by atoms with Crippen molar-refractivity contribution in [3.05, 3.63) is 33.3 Å². The van der Waals surface area contributed by atoms with Gasteiger partial charge in [-0.2, -0.15) is 0 Å². The van der Waals surface area contributed by atoms with Crippen LogP contribution in [0, 0.1) is 15.5 Å². The van der Waals surface area contributed by atoms with Crippen LogP contribution in [-0.4, -0.2) is 24.1 Å². The highest BCUT2D eigenvalue weighted by Crippen LogP contribution is 2.49. The second-order valence-corrected chi connectivity index (χ2v) is 5.93. The first-order valence-electron chi connectivity index (χ1n) is 7.26. The van der Waals surface area contributed by atoms with Crippen LogP contribution in [-0.2, 0) is 0 Å². The fourth-order valence-corrected chi connectivity index (χ4v) is 3.56. The molecule has 2 atom stereocenters. The van der Waals surface area contributed by atoms with Crippen LogP contribution in [0.5, 0.6) is 5.75 Å². The van der Waals surface area contributed by atoms with E-state index in [1.54, 1.807) is 0 Å². The van der Waals surface area contributed by atoms with Gasteiger partial charge in [-0.1, -0.05) is 25.4 Å². The Morgan fingerprint density at radius 2 is 2.14 bits per heavy atom. The molecule has 0 aromatic heterocycles. The third-order valence-electron chi connectivity index (χ3n) is 4.84. The van der Waals surface area contributed by atoms with Crippen molar-refractivity contribution in [1.82, 2.24) is 5.32 Å². The topological polar surface area (TPSA) is 64.4 Å². The Kier molecular flexibility index (Phi) is 4.74. The van der Waals surface area contributed by atoms with Gasteiger partial charge in [0.15, 0.2) is 5.75 Å². The Labute approximate surface area is 129 Å². The Morgan fingerprint density at radius 3 is 2.67 bits per heavy atom. The summed E-state index contributed by atoms with van der Waals surface area (Å²) in [4.78, 5) is 10.7. The van der Waals surface area contributed by atoms with E-state index in [0.717, 1.165) is 19.3 Å². The molecule has 0 aliphatic heterocycles. The molecule has 0 saturated heterocycles. The molecule has 1 N–H and O–H groups in total. The van der Waals surface area contributed by atoms with E-state index in [-0.39, 0.29) is 23.0 Å². The molecule has 0 bridgehead atoms. The van der Waals surface area contributed by atoms with Crippen LogP contribution in [0.25, 0.3) is 0 Å². The van der Waals surface area contributed by atoms with Crippen molar-refractivity contribution in [2.24, 2.45) is 5.41 Å². The number of nitro benzene ring substituents is 1. The van der Waals surface area contributed by atoms with Gasteiger partial charge >= 0.3 is 5.69 Å². The van der Waals surface area contributed by atoms with Crippen molar-refractivity contribution in [3.63, 3.8) is 0 Å². The molecular formula is C15H21ClN2O3. The zero-order valence-electron chi connectivity index (χ0n) is 12.6. The van der Waals surface area contributed by atoms with Gasteiger partial charge in [0.05, 0.1) is 4.92 Å². The van der Waals surface area contributed by atoms with Crippen molar-refractivity contribution in [2.45, 2.75) is 45.3 Å². The lowest BCUT2D eigenvalue weighted by molar-refractivity contribution is -0.386. The standard InChI is InChI=1S/C15H21ClN2O3/c1-4-15(5-2)13(17-3)9-14(15)21-12-8-10(16)6-7-11(12)18(19)20/h6-8,13-14,17H,4-5,9H2,1-3H3. The molecule has 0 heterocycles. The summed E-state index contributed by atoms with van der Waals surface area (Å²) < 4.78 is 5.99. The summed E-state index contributed by atoms with van der Waals surface area (Å²) in [7, 11) is 1.95. The summed E-state index contributed by atoms with van der Waals surface area (Å²) >= 11 is 5.95. The van der Waals surface area contributed by atoms with E-state index in [2.05, 4.69) is 19.2 Å². The monoisotopic (exact) mass is 312 g/mol. The minimum atomic E-state index is -0.431. The third-order valence-corrected chi connectivity index (χ3v) is 5.07. The summed E-state index contributed by atoms with van der Waals surface area (Å²) in [6.07, 6.45) is 2.76. The van der Waals surface area contributed by atoms with Gasteiger partial charge in [-0.05, 0) is 26.0 Å². The van der Waals surface area contributed by atoms with Gasteiger partial charge in [-0.3, -0.25) is 10.1 Å². The smallest absolute Gasteiger partial charge is 0.311 e.